The molecular formula is C9H12N4S. The summed E-state index contributed by atoms with van der Waals surface area (Å²) < 4.78 is 0. The SMILES string of the molecule is CC(C)Sc1nc(N)cc(N)c1C#N. The molecule has 0 fully saturated rings. The van der Waals surface area contributed by atoms with Crippen LogP contribution < -0.4 is 11.5 Å². The highest BCUT2D eigenvalue weighted by Crippen LogP contribution is 2.28. The molecule has 4 nitrogen and oxygen atoms in total. The third-order valence-electron chi connectivity index (χ3n) is 1.50. The molecule has 0 aliphatic rings. The summed E-state index contributed by atoms with van der Waals surface area (Å²) in [4.78, 5) is 4.08. The number of nitriles is 1. The van der Waals surface area contributed by atoms with Gasteiger partial charge in [0.15, 0.2) is 0 Å². The van der Waals surface area contributed by atoms with Gasteiger partial charge in [0.05, 0.1) is 5.69 Å². The molecule has 0 aliphatic heterocycles. The van der Waals surface area contributed by atoms with Gasteiger partial charge in [-0.25, -0.2) is 4.98 Å². The minimum Gasteiger partial charge on any atom is -0.397 e. The highest BCUT2D eigenvalue weighted by atomic mass is 32.2. The number of nitrogen functional groups attached to an aromatic ring is 2. The van der Waals surface area contributed by atoms with Crippen molar-refractivity contribution in [2.24, 2.45) is 0 Å². The first-order valence-corrected chi connectivity index (χ1v) is 5.05. The van der Waals surface area contributed by atoms with E-state index in [-0.39, 0.29) is 0 Å². The van der Waals surface area contributed by atoms with Gasteiger partial charge in [-0.05, 0) is 0 Å². The third-order valence-corrected chi connectivity index (χ3v) is 2.49. The number of pyridine rings is 1. The van der Waals surface area contributed by atoms with Crippen molar-refractivity contribution < 1.29 is 0 Å². The standard InChI is InChI=1S/C9H12N4S/c1-5(2)14-9-6(4-10)7(11)3-8(12)13-9/h3,5H,1-2H3,(H4,11,12,13). The molecule has 1 aromatic heterocycles. The summed E-state index contributed by atoms with van der Waals surface area (Å²) >= 11 is 1.48. The van der Waals surface area contributed by atoms with Crippen molar-refractivity contribution in [1.29, 1.82) is 5.26 Å². The Morgan fingerprint density at radius 1 is 1.50 bits per heavy atom. The molecule has 0 aliphatic carbocycles. The second-order valence-electron chi connectivity index (χ2n) is 3.09. The van der Waals surface area contributed by atoms with Crippen LogP contribution >= 0.6 is 11.8 Å². The maximum Gasteiger partial charge on any atom is 0.126 e. The van der Waals surface area contributed by atoms with E-state index in [2.05, 4.69) is 4.98 Å². The summed E-state index contributed by atoms with van der Waals surface area (Å²) in [7, 11) is 0. The van der Waals surface area contributed by atoms with Crippen LogP contribution in [0.5, 0.6) is 0 Å². The van der Waals surface area contributed by atoms with Gasteiger partial charge in [0.1, 0.15) is 22.5 Å². The molecular weight excluding hydrogens is 196 g/mol. The predicted octanol–water partition coefficient (Wildman–Crippen LogP) is 1.62. The maximum atomic E-state index is 8.88. The number of rotatable bonds is 2. The average Bonchev–Trinajstić information content (AvgIpc) is 2.01. The number of nitrogens with two attached hydrogens (primary N) is 2. The van der Waals surface area contributed by atoms with Gasteiger partial charge in [-0.2, -0.15) is 5.26 Å². The Kier molecular flexibility index (Phi) is 3.20. The third kappa shape index (κ3) is 2.30. The Balaban J connectivity index is 3.20. The molecule has 0 spiro atoms. The Bertz CT molecular complexity index is 381. The van der Waals surface area contributed by atoms with Gasteiger partial charge in [0, 0.05) is 11.3 Å². The van der Waals surface area contributed by atoms with Crippen LogP contribution in [0.25, 0.3) is 0 Å². The van der Waals surface area contributed by atoms with Crippen LogP contribution in [0.3, 0.4) is 0 Å². The summed E-state index contributed by atoms with van der Waals surface area (Å²) in [6.07, 6.45) is 0. The lowest BCUT2D eigenvalue weighted by atomic mass is 10.2. The first kappa shape index (κ1) is 10.7. The fourth-order valence-electron chi connectivity index (χ4n) is 0.981. The Labute approximate surface area is 87.3 Å². The molecule has 74 valence electrons. The number of nitrogens with zero attached hydrogens (tertiary/aromatic N) is 2. The van der Waals surface area contributed by atoms with E-state index in [1.54, 1.807) is 0 Å². The molecule has 5 heteroatoms. The van der Waals surface area contributed by atoms with Crippen molar-refractivity contribution >= 4 is 23.3 Å². The van der Waals surface area contributed by atoms with Gasteiger partial charge >= 0.3 is 0 Å². The van der Waals surface area contributed by atoms with E-state index in [0.29, 0.717) is 27.3 Å². The summed E-state index contributed by atoms with van der Waals surface area (Å²) in [5, 5.41) is 9.83. The van der Waals surface area contributed by atoms with Gasteiger partial charge in [0.25, 0.3) is 0 Å². The zero-order valence-corrected chi connectivity index (χ0v) is 8.93. The lowest BCUT2D eigenvalue weighted by Crippen LogP contribution is -2.01. The van der Waals surface area contributed by atoms with Crippen molar-refractivity contribution in [2.75, 3.05) is 11.5 Å². The lowest BCUT2D eigenvalue weighted by molar-refractivity contribution is 1.07. The molecule has 0 atom stereocenters. The van der Waals surface area contributed by atoms with Crippen molar-refractivity contribution in [3.8, 4) is 6.07 Å². The topological polar surface area (TPSA) is 88.7 Å². The van der Waals surface area contributed by atoms with Crippen LogP contribution in [-0.4, -0.2) is 10.2 Å². The first-order valence-electron chi connectivity index (χ1n) is 4.17. The van der Waals surface area contributed by atoms with E-state index in [9.17, 15) is 0 Å². The fourth-order valence-corrected chi connectivity index (χ4v) is 1.87. The van der Waals surface area contributed by atoms with Crippen LogP contribution in [0.4, 0.5) is 11.5 Å². The molecule has 0 bridgehead atoms. The number of anilines is 2. The van der Waals surface area contributed by atoms with Crippen molar-refractivity contribution in [2.45, 2.75) is 24.1 Å². The van der Waals surface area contributed by atoms with Crippen LogP contribution in [-0.2, 0) is 0 Å². The largest absolute Gasteiger partial charge is 0.397 e. The predicted molar refractivity (Wildman–Crippen MR) is 58.8 cm³/mol. The molecule has 1 heterocycles. The zero-order chi connectivity index (χ0) is 10.7. The van der Waals surface area contributed by atoms with Crippen molar-refractivity contribution in [3.63, 3.8) is 0 Å². The molecule has 0 saturated heterocycles. The number of thioether (sulfide) groups is 1. The highest BCUT2D eigenvalue weighted by molar-refractivity contribution is 7.99. The Morgan fingerprint density at radius 2 is 2.14 bits per heavy atom. The summed E-state index contributed by atoms with van der Waals surface area (Å²) in [5.74, 6) is 0.352. The number of hydrogen-bond acceptors (Lipinski definition) is 5. The summed E-state index contributed by atoms with van der Waals surface area (Å²) in [5.41, 5.74) is 12.0. The molecule has 14 heavy (non-hydrogen) atoms. The normalized spacial score (nSPS) is 10.1. The molecule has 1 aromatic rings. The van der Waals surface area contributed by atoms with E-state index in [1.165, 1.54) is 17.8 Å². The van der Waals surface area contributed by atoms with Gasteiger partial charge in [-0.15, -0.1) is 11.8 Å². The number of hydrogen-bond donors (Lipinski definition) is 2. The Hall–Kier alpha value is -1.41. The average molecular weight is 208 g/mol. The van der Waals surface area contributed by atoms with E-state index in [1.807, 2.05) is 19.9 Å². The van der Waals surface area contributed by atoms with Gasteiger partial charge in [0.2, 0.25) is 0 Å². The second kappa shape index (κ2) is 4.20. The smallest absolute Gasteiger partial charge is 0.126 e. The molecule has 0 saturated carbocycles. The summed E-state index contributed by atoms with van der Waals surface area (Å²) in [6.45, 7) is 4.04. The van der Waals surface area contributed by atoms with E-state index < -0.39 is 0 Å². The lowest BCUT2D eigenvalue weighted by Gasteiger charge is -2.08. The summed E-state index contributed by atoms with van der Waals surface area (Å²) in [6, 6.07) is 3.54. The van der Waals surface area contributed by atoms with E-state index >= 15 is 0 Å². The molecule has 1 rings (SSSR count). The van der Waals surface area contributed by atoms with Gasteiger partial charge < -0.3 is 11.5 Å². The maximum absolute atomic E-state index is 8.88. The minimum atomic E-state index is 0.343. The van der Waals surface area contributed by atoms with E-state index in [0.717, 1.165) is 0 Å². The number of aromatic nitrogens is 1. The van der Waals surface area contributed by atoms with Crippen LogP contribution in [0.2, 0.25) is 0 Å². The first-order chi connectivity index (χ1) is 6.54. The quantitative estimate of drug-likeness (QED) is 0.721. The van der Waals surface area contributed by atoms with Crippen molar-refractivity contribution in [3.05, 3.63) is 11.6 Å². The molecule has 0 radical (unpaired) electrons. The van der Waals surface area contributed by atoms with Crippen LogP contribution in [0.15, 0.2) is 11.1 Å². The zero-order valence-electron chi connectivity index (χ0n) is 8.11. The molecule has 0 unspecified atom stereocenters. The minimum absolute atomic E-state index is 0.343. The Morgan fingerprint density at radius 3 is 2.64 bits per heavy atom. The molecule has 0 amide bonds. The van der Waals surface area contributed by atoms with Crippen LogP contribution in [0, 0.1) is 11.3 Å². The fraction of sp³-hybridized carbons (Fsp3) is 0.333. The van der Waals surface area contributed by atoms with Crippen molar-refractivity contribution in [1.82, 2.24) is 4.98 Å². The van der Waals surface area contributed by atoms with E-state index in [4.69, 9.17) is 16.7 Å². The van der Waals surface area contributed by atoms with Gasteiger partial charge in [-0.1, -0.05) is 13.8 Å². The van der Waals surface area contributed by atoms with Crippen LogP contribution in [0.1, 0.15) is 19.4 Å². The highest BCUT2D eigenvalue weighted by Gasteiger charge is 2.11. The molecule has 0 aromatic carbocycles. The van der Waals surface area contributed by atoms with Gasteiger partial charge in [-0.3, -0.25) is 0 Å². The monoisotopic (exact) mass is 208 g/mol. The molecule has 4 N–H and O–H groups in total. The second-order valence-corrected chi connectivity index (χ2v) is 4.66.